The fourth-order valence-corrected chi connectivity index (χ4v) is 1.89. The lowest BCUT2D eigenvalue weighted by Gasteiger charge is -2.03. The Labute approximate surface area is 174 Å². The van der Waals surface area contributed by atoms with E-state index in [1.165, 1.54) is 0 Å². The molecule has 0 aliphatic carbocycles. The van der Waals surface area contributed by atoms with Crippen molar-refractivity contribution < 1.29 is 39.6 Å². The molecule has 0 saturated heterocycles. The minimum atomic E-state index is -1.17. The molecule has 29 heavy (non-hydrogen) atoms. The van der Waals surface area contributed by atoms with Gasteiger partial charge in [-0.1, -0.05) is 6.42 Å². The van der Waals surface area contributed by atoms with Gasteiger partial charge in [-0.2, -0.15) is 11.8 Å². The summed E-state index contributed by atoms with van der Waals surface area (Å²) in [5, 5.41) is 32.9. The Morgan fingerprint density at radius 1 is 0.759 bits per heavy atom. The highest BCUT2D eigenvalue weighted by Gasteiger charge is 2.12. The number of thioether (sulfide) groups is 1. The molecule has 0 aliphatic rings. The molecule has 0 saturated carbocycles. The second-order valence-corrected chi connectivity index (χ2v) is 6.82. The standard InChI is InChI=1S/C6H14N2O2.C5H9NO4.C5H11NO2S/c7-4-2-1-3-5(8)6(9)10;6-3(5(9)10)1-2-4(7)8;1-9-3-2-4(6)5(7)8/h5H,1-4,7-8H2,(H,9,10);3H,1-2,6H2,(H,7,8)(H,9,10);4H,2-3,6H2,1H3,(H,7,8). The molecule has 0 aromatic heterocycles. The number of unbranched alkanes of at least 4 members (excludes halogenated alkanes) is 1. The van der Waals surface area contributed by atoms with Crippen LogP contribution in [0.2, 0.25) is 0 Å². The van der Waals surface area contributed by atoms with Gasteiger partial charge in [0, 0.05) is 6.42 Å². The fourth-order valence-electron chi connectivity index (χ4n) is 1.40. The number of hydrogen-bond acceptors (Lipinski definition) is 9. The molecule has 0 heterocycles. The highest BCUT2D eigenvalue weighted by molar-refractivity contribution is 7.98. The number of carbonyl (C=O) groups is 4. The summed E-state index contributed by atoms with van der Waals surface area (Å²) in [5.74, 6) is -3.23. The molecule has 0 amide bonds. The Balaban J connectivity index is -0.000000350. The van der Waals surface area contributed by atoms with Crippen LogP contribution in [0.15, 0.2) is 0 Å². The summed E-state index contributed by atoms with van der Waals surface area (Å²) in [5.41, 5.74) is 20.6. The molecule has 0 aromatic carbocycles. The van der Waals surface area contributed by atoms with Gasteiger partial charge in [-0.25, -0.2) is 0 Å². The van der Waals surface area contributed by atoms with Crippen LogP contribution in [0.3, 0.4) is 0 Å². The van der Waals surface area contributed by atoms with Gasteiger partial charge in [0.1, 0.15) is 18.1 Å². The third-order valence-electron chi connectivity index (χ3n) is 3.22. The van der Waals surface area contributed by atoms with Crippen LogP contribution in [0.4, 0.5) is 0 Å². The number of hydrogen-bond donors (Lipinski definition) is 8. The minimum Gasteiger partial charge on any atom is -0.481 e. The van der Waals surface area contributed by atoms with Crippen LogP contribution in [0.25, 0.3) is 0 Å². The Morgan fingerprint density at radius 3 is 1.52 bits per heavy atom. The third kappa shape index (κ3) is 26.1. The quantitative estimate of drug-likeness (QED) is 0.158. The third-order valence-corrected chi connectivity index (χ3v) is 3.87. The van der Waals surface area contributed by atoms with Gasteiger partial charge in [-0.3, -0.25) is 19.2 Å². The first-order valence-electron chi connectivity index (χ1n) is 8.76. The molecule has 0 rings (SSSR count). The number of carboxylic acid groups (broad SMARTS) is 4. The summed E-state index contributed by atoms with van der Waals surface area (Å²) in [6.07, 6.45) is 4.42. The normalized spacial score (nSPS) is 12.9. The first kappa shape index (κ1) is 31.8. The van der Waals surface area contributed by atoms with Crippen molar-refractivity contribution in [2.75, 3.05) is 18.6 Å². The van der Waals surface area contributed by atoms with E-state index in [4.69, 9.17) is 43.4 Å². The van der Waals surface area contributed by atoms with Gasteiger partial charge in [0.15, 0.2) is 0 Å². The molecule has 13 heteroatoms. The Hall–Kier alpha value is -1.93. The lowest BCUT2D eigenvalue weighted by atomic mass is 10.1. The second kappa shape index (κ2) is 20.8. The van der Waals surface area contributed by atoms with E-state index in [0.29, 0.717) is 19.4 Å². The molecule has 0 aromatic rings. The summed E-state index contributed by atoms with van der Waals surface area (Å²) in [6.45, 7) is 0.604. The van der Waals surface area contributed by atoms with E-state index in [1.807, 2.05) is 6.26 Å². The minimum absolute atomic E-state index is 0.0231. The largest absolute Gasteiger partial charge is 0.481 e. The first-order chi connectivity index (χ1) is 13.4. The number of nitrogens with two attached hydrogens (primary N) is 4. The number of carboxylic acids is 4. The van der Waals surface area contributed by atoms with Gasteiger partial charge in [-0.05, 0) is 44.2 Å². The molecule has 0 radical (unpaired) electrons. The van der Waals surface area contributed by atoms with Crippen molar-refractivity contribution >= 4 is 35.6 Å². The van der Waals surface area contributed by atoms with Crippen molar-refractivity contribution in [2.24, 2.45) is 22.9 Å². The summed E-state index contributed by atoms with van der Waals surface area (Å²) in [4.78, 5) is 40.1. The first-order valence-corrected chi connectivity index (χ1v) is 10.2. The van der Waals surface area contributed by atoms with Gasteiger partial charge >= 0.3 is 23.9 Å². The summed E-state index contributed by atoms with van der Waals surface area (Å²) >= 11 is 1.60. The molecule has 0 fully saturated rings. The van der Waals surface area contributed by atoms with Crippen molar-refractivity contribution in [3.05, 3.63) is 0 Å². The molecular formula is C16H34N4O8S. The van der Waals surface area contributed by atoms with Crippen LogP contribution < -0.4 is 22.9 Å². The molecule has 0 aliphatic heterocycles. The molecule has 12 N–H and O–H groups in total. The number of rotatable bonds is 13. The van der Waals surface area contributed by atoms with Gasteiger partial charge in [0.25, 0.3) is 0 Å². The van der Waals surface area contributed by atoms with Gasteiger partial charge in [0.05, 0.1) is 0 Å². The molecule has 3 atom stereocenters. The monoisotopic (exact) mass is 442 g/mol. The molecule has 3 unspecified atom stereocenters. The average Bonchev–Trinajstić information content (AvgIpc) is 2.64. The fraction of sp³-hybridized carbons (Fsp3) is 0.750. The summed E-state index contributed by atoms with van der Waals surface area (Å²) in [7, 11) is 0. The highest BCUT2D eigenvalue weighted by atomic mass is 32.2. The molecule has 172 valence electrons. The average molecular weight is 443 g/mol. The van der Waals surface area contributed by atoms with Crippen molar-refractivity contribution in [3.8, 4) is 0 Å². The van der Waals surface area contributed by atoms with Gasteiger partial charge in [-0.15, -0.1) is 0 Å². The smallest absolute Gasteiger partial charge is 0.320 e. The van der Waals surface area contributed by atoms with E-state index in [2.05, 4.69) is 0 Å². The molecular weight excluding hydrogens is 408 g/mol. The molecule has 0 spiro atoms. The maximum Gasteiger partial charge on any atom is 0.320 e. The maximum atomic E-state index is 10.1. The Morgan fingerprint density at radius 2 is 1.17 bits per heavy atom. The zero-order chi connectivity index (χ0) is 23.4. The van der Waals surface area contributed by atoms with Crippen LogP contribution in [-0.2, 0) is 19.2 Å². The maximum absolute atomic E-state index is 10.1. The molecule has 0 bridgehead atoms. The van der Waals surface area contributed by atoms with Crippen molar-refractivity contribution in [3.63, 3.8) is 0 Å². The van der Waals surface area contributed by atoms with Crippen molar-refractivity contribution in [1.82, 2.24) is 0 Å². The van der Waals surface area contributed by atoms with Crippen LogP contribution in [0.1, 0.15) is 38.5 Å². The molecule has 12 nitrogen and oxygen atoms in total. The van der Waals surface area contributed by atoms with E-state index >= 15 is 0 Å². The van der Waals surface area contributed by atoms with E-state index in [-0.39, 0.29) is 12.8 Å². The van der Waals surface area contributed by atoms with Gasteiger partial charge in [0.2, 0.25) is 0 Å². The zero-order valence-corrected chi connectivity index (χ0v) is 17.3. The second-order valence-electron chi connectivity index (χ2n) is 5.83. The zero-order valence-electron chi connectivity index (χ0n) is 16.5. The van der Waals surface area contributed by atoms with Crippen LogP contribution >= 0.6 is 11.8 Å². The topological polar surface area (TPSA) is 253 Å². The van der Waals surface area contributed by atoms with E-state index < -0.39 is 42.0 Å². The SMILES string of the molecule is CSCCC(N)C(=O)O.NC(CCC(=O)O)C(=O)O.NCCCCC(N)C(=O)O. The lowest BCUT2D eigenvalue weighted by molar-refractivity contribution is -0.141. The summed E-state index contributed by atoms with van der Waals surface area (Å²) < 4.78 is 0. The van der Waals surface area contributed by atoms with Crippen LogP contribution in [-0.4, -0.2) is 81.0 Å². The lowest BCUT2D eigenvalue weighted by Crippen LogP contribution is -2.30. The van der Waals surface area contributed by atoms with E-state index in [9.17, 15) is 19.2 Å². The van der Waals surface area contributed by atoms with E-state index in [0.717, 1.165) is 18.6 Å². The van der Waals surface area contributed by atoms with Crippen LogP contribution in [0, 0.1) is 0 Å². The highest BCUT2D eigenvalue weighted by Crippen LogP contribution is 1.98. The number of aliphatic carboxylic acids is 4. The van der Waals surface area contributed by atoms with Crippen molar-refractivity contribution in [1.29, 1.82) is 0 Å². The summed E-state index contributed by atoms with van der Waals surface area (Å²) in [6, 6.07) is -2.46. The van der Waals surface area contributed by atoms with Crippen LogP contribution in [0.5, 0.6) is 0 Å². The Kier molecular flexibility index (Phi) is 22.8. The van der Waals surface area contributed by atoms with Gasteiger partial charge < -0.3 is 43.4 Å². The Bertz CT molecular complexity index is 482. The van der Waals surface area contributed by atoms with Crippen molar-refractivity contribution in [2.45, 2.75) is 56.7 Å². The van der Waals surface area contributed by atoms with E-state index in [1.54, 1.807) is 11.8 Å². The predicted molar refractivity (Wildman–Crippen MR) is 110 cm³/mol. The predicted octanol–water partition coefficient (Wildman–Crippen LogP) is -1.06.